The van der Waals surface area contributed by atoms with Crippen molar-refractivity contribution in [2.24, 2.45) is 4.99 Å². The summed E-state index contributed by atoms with van der Waals surface area (Å²) in [5, 5.41) is 2.19. The van der Waals surface area contributed by atoms with Gasteiger partial charge >= 0.3 is 6.03 Å². The van der Waals surface area contributed by atoms with Gasteiger partial charge in [0, 0.05) is 28.0 Å². The smallest absolute Gasteiger partial charge is 0.348 e. The van der Waals surface area contributed by atoms with E-state index < -0.39 is 11.9 Å². The lowest BCUT2D eigenvalue weighted by atomic mass is 10.1. The van der Waals surface area contributed by atoms with E-state index in [-0.39, 0.29) is 5.71 Å². The summed E-state index contributed by atoms with van der Waals surface area (Å²) in [4.78, 5) is 26.8. The molecule has 1 aliphatic rings. The van der Waals surface area contributed by atoms with Crippen molar-refractivity contribution >= 4 is 33.6 Å². The lowest BCUT2D eigenvalue weighted by Crippen LogP contribution is -2.26. The lowest BCUT2D eigenvalue weighted by Gasteiger charge is -2.12. The average molecular weight is 466 g/mol. The minimum Gasteiger partial charge on any atom is -0.489 e. The molecule has 7 heteroatoms. The number of aliphatic imine (C=N–C) groups is 1. The summed E-state index contributed by atoms with van der Waals surface area (Å²) in [5.41, 5.74) is 5.35. The van der Waals surface area contributed by atoms with E-state index in [4.69, 9.17) is 4.74 Å². The van der Waals surface area contributed by atoms with E-state index in [1.807, 2.05) is 68.4 Å². The Bertz CT molecular complexity index is 1150. The molecule has 1 aromatic heterocycles. The lowest BCUT2D eigenvalue weighted by molar-refractivity contribution is -0.113. The summed E-state index contributed by atoms with van der Waals surface area (Å²) in [5.74, 6) is 0.372. The van der Waals surface area contributed by atoms with Crippen molar-refractivity contribution in [1.29, 1.82) is 0 Å². The van der Waals surface area contributed by atoms with Gasteiger partial charge in [-0.3, -0.25) is 10.1 Å². The predicted molar refractivity (Wildman–Crippen MR) is 118 cm³/mol. The van der Waals surface area contributed by atoms with E-state index in [0.29, 0.717) is 13.0 Å². The van der Waals surface area contributed by atoms with Gasteiger partial charge in [0.25, 0.3) is 5.91 Å². The van der Waals surface area contributed by atoms with Crippen molar-refractivity contribution in [3.63, 3.8) is 0 Å². The molecule has 3 aromatic rings. The minimum absolute atomic E-state index is 0.247. The number of ether oxygens (including phenoxy) is 1. The number of nitrogens with zero attached hydrogens (tertiary/aromatic N) is 2. The monoisotopic (exact) mass is 465 g/mol. The molecule has 0 fully saturated rings. The molecule has 3 amide bonds. The van der Waals surface area contributed by atoms with Crippen molar-refractivity contribution in [3.05, 3.63) is 81.6 Å². The summed E-state index contributed by atoms with van der Waals surface area (Å²) in [6.07, 6.45) is 0.325. The van der Waals surface area contributed by atoms with E-state index in [1.165, 1.54) is 0 Å². The van der Waals surface area contributed by atoms with Crippen LogP contribution in [0.1, 0.15) is 22.5 Å². The summed E-state index contributed by atoms with van der Waals surface area (Å²) >= 11 is 3.43. The standard InChI is InChI=1S/C23H20BrN3O3/c1-14-11-17(12-21-22(28)26-23(29)25-21)15(2)27(14)19-7-9-20(10-8-19)30-13-16-3-5-18(24)6-4-16/h3-11H,12-13H2,1-2H3,(H,26,28,29). The van der Waals surface area contributed by atoms with Gasteiger partial charge in [-0.1, -0.05) is 28.1 Å². The average Bonchev–Trinajstić information content (AvgIpc) is 3.19. The number of hydrogen-bond acceptors (Lipinski definition) is 3. The van der Waals surface area contributed by atoms with Crippen LogP contribution in [0.4, 0.5) is 4.79 Å². The van der Waals surface area contributed by atoms with E-state index in [0.717, 1.165) is 38.4 Å². The van der Waals surface area contributed by atoms with Crippen LogP contribution in [0.15, 0.2) is 64.1 Å². The third-order valence-electron chi connectivity index (χ3n) is 5.03. The van der Waals surface area contributed by atoms with Crippen LogP contribution in [0.3, 0.4) is 0 Å². The van der Waals surface area contributed by atoms with Crippen molar-refractivity contribution in [2.45, 2.75) is 26.9 Å². The minimum atomic E-state index is -0.595. The molecule has 2 heterocycles. The number of carbonyl (C=O) groups excluding carboxylic acids is 2. The van der Waals surface area contributed by atoms with Gasteiger partial charge in [-0.25, -0.2) is 4.79 Å². The van der Waals surface area contributed by atoms with Gasteiger partial charge in [-0.2, -0.15) is 4.99 Å². The zero-order valence-electron chi connectivity index (χ0n) is 16.6. The third kappa shape index (κ3) is 4.21. The number of hydrogen-bond donors (Lipinski definition) is 1. The van der Waals surface area contributed by atoms with E-state index in [9.17, 15) is 9.59 Å². The van der Waals surface area contributed by atoms with Gasteiger partial charge < -0.3 is 9.30 Å². The Balaban J connectivity index is 1.49. The first-order valence-electron chi connectivity index (χ1n) is 9.49. The molecule has 0 saturated heterocycles. The maximum atomic E-state index is 11.8. The summed E-state index contributed by atoms with van der Waals surface area (Å²) in [6, 6.07) is 17.4. The molecule has 2 aromatic carbocycles. The quantitative estimate of drug-likeness (QED) is 0.574. The fraction of sp³-hybridized carbons (Fsp3) is 0.174. The molecule has 6 nitrogen and oxygen atoms in total. The second-order valence-corrected chi connectivity index (χ2v) is 8.05. The summed E-state index contributed by atoms with van der Waals surface area (Å²) < 4.78 is 9.04. The molecule has 1 N–H and O–H groups in total. The first-order chi connectivity index (χ1) is 14.4. The molecule has 0 radical (unpaired) electrons. The Hall–Kier alpha value is -3.19. The molecule has 152 valence electrons. The number of halogens is 1. The maximum Gasteiger partial charge on any atom is 0.348 e. The number of carbonyl (C=O) groups is 2. The molecule has 1 aliphatic heterocycles. The number of nitrogens with one attached hydrogen (secondary N) is 1. The second kappa shape index (κ2) is 8.28. The Labute approximate surface area is 182 Å². The van der Waals surface area contributed by atoms with Gasteiger partial charge in [-0.15, -0.1) is 0 Å². The molecule has 4 rings (SSSR count). The van der Waals surface area contributed by atoms with E-state index in [2.05, 4.69) is 30.8 Å². The van der Waals surface area contributed by atoms with Crippen molar-refractivity contribution in [1.82, 2.24) is 9.88 Å². The highest BCUT2D eigenvalue weighted by Crippen LogP contribution is 2.24. The third-order valence-corrected chi connectivity index (χ3v) is 5.56. The van der Waals surface area contributed by atoms with Gasteiger partial charge in [0.05, 0.1) is 0 Å². The normalized spacial score (nSPS) is 13.4. The van der Waals surface area contributed by atoms with Gasteiger partial charge in [-0.05, 0) is 67.4 Å². The molecule has 0 saturated carbocycles. The van der Waals surface area contributed by atoms with E-state index >= 15 is 0 Å². The Morgan fingerprint density at radius 3 is 2.37 bits per heavy atom. The van der Waals surface area contributed by atoms with Crippen LogP contribution in [-0.2, 0) is 17.8 Å². The molecule has 0 atom stereocenters. The van der Waals surface area contributed by atoms with E-state index in [1.54, 1.807) is 0 Å². The zero-order chi connectivity index (χ0) is 21.3. The fourth-order valence-corrected chi connectivity index (χ4v) is 3.78. The van der Waals surface area contributed by atoms with Crippen molar-refractivity contribution < 1.29 is 14.3 Å². The van der Waals surface area contributed by atoms with Crippen molar-refractivity contribution in [2.75, 3.05) is 0 Å². The highest BCUT2D eigenvalue weighted by molar-refractivity contribution is 9.10. The molecule has 30 heavy (non-hydrogen) atoms. The number of benzene rings is 2. The number of aromatic nitrogens is 1. The summed E-state index contributed by atoms with van der Waals surface area (Å²) in [7, 11) is 0. The highest BCUT2D eigenvalue weighted by atomic mass is 79.9. The van der Waals surface area contributed by atoms with Gasteiger partial charge in [0.2, 0.25) is 0 Å². The fourth-order valence-electron chi connectivity index (χ4n) is 3.52. The number of rotatable bonds is 6. The van der Waals surface area contributed by atoms with Crippen LogP contribution in [-0.4, -0.2) is 22.2 Å². The first kappa shape index (κ1) is 20.1. The largest absolute Gasteiger partial charge is 0.489 e. The van der Waals surface area contributed by atoms with Crippen molar-refractivity contribution in [3.8, 4) is 11.4 Å². The van der Waals surface area contributed by atoms with Gasteiger partial charge in [0.1, 0.15) is 18.1 Å². The highest BCUT2D eigenvalue weighted by Gasteiger charge is 2.24. The summed E-state index contributed by atoms with van der Waals surface area (Å²) in [6.45, 7) is 4.51. The predicted octanol–water partition coefficient (Wildman–Crippen LogP) is 4.67. The Morgan fingerprint density at radius 2 is 1.73 bits per heavy atom. The van der Waals surface area contributed by atoms with Gasteiger partial charge in [0.15, 0.2) is 0 Å². The Kier molecular flexibility index (Phi) is 5.55. The maximum absolute atomic E-state index is 11.8. The Morgan fingerprint density at radius 1 is 1.03 bits per heavy atom. The van der Waals surface area contributed by atoms with Crippen LogP contribution >= 0.6 is 15.9 Å². The molecule has 0 bridgehead atoms. The number of imide groups is 1. The second-order valence-electron chi connectivity index (χ2n) is 7.14. The van der Waals surface area contributed by atoms with Crippen LogP contribution in [0.2, 0.25) is 0 Å². The molecule has 0 spiro atoms. The van der Waals surface area contributed by atoms with Crippen LogP contribution in [0, 0.1) is 13.8 Å². The molecule has 0 aliphatic carbocycles. The van der Waals surface area contributed by atoms with Crippen LogP contribution in [0.5, 0.6) is 5.75 Å². The SMILES string of the molecule is Cc1cc(CC2=NC(=O)NC2=O)c(C)n1-c1ccc(OCc2ccc(Br)cc2)cc1. The van der Waals surface area contributed by atoms with Crippen LogP contribution < -0.4 is 10.1 Å². The molecular weight excluding hydrogens is 446 g/mol. The topological polar surface area (TPSA) is 72.7 Å². The first-order valence-corrected chi connectivity index (χ1v) is 10.3. The van der Waals surface area contributed by atoms with Crippen LogP contribution in [0.25, 0.3) is 5.69 Å². The molecular formula is C23H20BrN3O3. The number of urea groups is 1. The number of aryl methyl sites for hydroxylation is 1. The number of amides is 3. The zero-order valence-corrected chi connectivity index (χ0v) is 18.2. The molecule has 0 unspecified atom stereocenters.